The van der Waals surface area contributed by atoms with Crippen molar-refractivity contribution in [3.8, 4) is 5.75 Å². The highest BCUT2D eigenvalue weighted by Gasteiger charge is 2.04. The van der Waals surface area contributed by atoms with Crippen molar-refractivity contribution in [1.29, 1.82) is 0 Å². The maximum absolute atomic E-state index is 10.4. The maximum Gasteiger partial charge on any atom is 0.269 e. The van der Waals surface area contributed by atoms with Crippen molar-refractivity contribution in [3.63, 3.8) is 0 Å². The number of aromatic hydroxyl groups is 1. The number of nitrogens with two attached hydrogens (primary N) is 1. The Morgan fingerprint density at radius 2 is 1.52 bits per heavy atom. The van der Waals surface area contributed by atoms with E-state index in [2.05, 4.69) is 5.43 Å². The predicted molar refractivity (Wildman–Crippen MR) is 80.8 cm³/mol. The molecule has 2 aromatic rings. The Balaban J connectivity index is 0.000000211. The maximum atomic E-state index is 10.4. The van der Waals surface area contributed by atoms with E-state index in [1.54, 1.807) is 42.5 Å². The van der Waals surface area contributed by atoms with Crippen LogP contribution in [0.2, 0.25) is 0 Å². The molecule has 2 aromatic carbocycles. The number of hydrazine groups is 1. The third-order valence-electron chi connectivity index (χ3n) is 2.43. The van der Waals surface area contributed by atoms with Crippen molar-refractivity contribution in [2.24, 2.45) is 5.84 Å². The van der Waals surface area contributed by atoms with E-state index in [0.717, 1.165) is 5.56 Å². The van der Waals surface area contributed by atoms with Crippen LogP contribution in [0.3, 0.4) is 0 Å². The monoisotopic (exact) mass is 310 g/mol. The molecule has 0 aliphatic heterocycles. The summed E-state index contributed by atoms with van der Waals surface area (Å²) in [4.78, 5) is 0. The van der Waals surface area contributed by atoms with Crippen LogP contribution < -0.4 is 11.3 Å². The SMILES string of the molecule is NNCc1ccc(O)cc1.O=S(=O)(O)Cc1ccccc1. The molecule has 0 saturated heterocycles. The van der Waals surface area contributed by atoms with Crippen LogP contribution in [0.15, 0.2) is 54.6 Å². The largest absolute Gasteiger partial charge is 0.508 e. The van der Waals surface area contributed by atoms with E-state index in [-0.39, 0.29) is 11.5 Å². The molecule has 0 amide bonds. The number of nitrogens with one attached hydrogen (secondary N) is 1. The zero-order valence-corrected chi connectivity index (χ0v) is 12.1. The molecule has 21 heavy (non-hydrogen) atoms. The van der Waals surface area contributed by atoms with E-state index in [0.29, 0.717) is 12.1 Å². The molecule has 0 aliphatic carbocycles. The summed E-state index contributed by atoms with van der Waals surface area (Å²) in [5.74, 6) is 5.05. The topological polar surface area (TPSA) is 113 Å². The lowest BCUT2D eigenvalue weighted by molar-refractivity contribution is 0.475. The molecular formula is C14H18N2O4S. The zero-order valence-electron chi connectivity index (χ0n) is 11.3. The van der Waals surface area contributed by atoms with Gasteiger partial charge in [0.1, 0.15) is 11.5 Å². The average molecular weight is 310 g/mol. The summed E-state index contributed by atoms with van der Waals surface area (Å²) in [5.41, 5.74) is 4.17. The number of phenols is 1. The fourth-order valence-corrected chi connectivity index (χ4v) is 2.13. The third-order valence-corrected chi connectivity index (χ3v) is 3.13. The van der Waals surface area contributed by atoms with E-state index in [1.807, 2.05) is 12.1 Å². The fraction of sp³-hybridized carbons (Fsp3) is 0.143. The highest BCUT2D eigenvalue weighted by atomic mass is 32.2. The molecule has 2 rings (SSSR count). The van der Waals surface area contributed by atoms with Gasteiger partial charge in [0.05, 0.1) is 0 Å². The highest BCUT2D eigenvalue weighted by Crippen LogP contribution is 2.08. The number of benzene rings is 2. The lowest BCUT2D eigenvalue weighted by Crippen LogP contribution is -2.20. The molecule has 0 aromatic heterocycles. The summed E-state index contributed by atoms with van der Waals surface area (Å²) < 4.78 is 29.2. The Morgan fingerprint density at radius 3 is 2.00 bits per heavy atom. The molecule has 5 N–H and O–H groups in total. The van der Waals surface area contributed by atoms with Gasteiger partial charge in [-0.25, -0.2) is 0 Å². The summed E-state index contributed by atoms with van der Waals surface area (Å²) >= 11 is 0. The molecule has 0 saturated carbocycles. The summed E-state index contributed by atoms with van der Waals surface area (Å²) in [6.07, 6.45) is 0. The lowest BCUT2D eigenvalue weighted by Gasteiger charge is -1.97. The minimum Gasteiger partial charge on any atom is -0.508 e. The molecule has 7 heteroatoms. The number of hydrogen-bond donors (Lipinski definition) is 4. The van der Waals surface area contributed by atoms with E-state index < -0.39 is 10.1 Å². The standard InChI is InChI=1S/C7H10N2O.C7H8O3S/c8-9-5-6-1-3-7(10)4-2-6;8-11(9,10)6-7-4-2-1-3-5-7/h1-4,9-10H,5,8H2;1-5H,6H2,(H,8,9,10). The van der Waals surface area contributed by atoms with Gasteiger partial charge >= 0.3 is 0 Å². The van der Waals surface area contributed by atoms with E-state index >= 15 is 0 Å². The van der Waals surface area contributed by atoms with Crippen LogP contribution in [0.25, 0.3) is 0 Å². The second-order valence-electron chi connectivity index (χ2n) is 4.26. The van der Waals surface area contributed by atoms with Crippen LogP contribution in [-0.4, -0.2) is 18.1 Å². The van der Waals surface area contributed by atoms with Crippen molar-refractivity contribution < 1.29 is 18.1 Å². The van der Waals surface area contributed by atoms with Gasteiger partial charge in [-0.15, -0.1) is 0 Å². The van der Waals surface area contributed by atoms with E-state index in [9.17, 15) is 8.42 Å². The third kappa shape index (κ3) is 8.05. The van der Waals surface area contributed by atoms with Crippen molar-refractivity contribution >= 4 is 10.1 Å². The smallest absolute Gasteiger partial charge is 0.269 e. The van der Waals surface area contributed by atoms with Crippen LogP contribution in [0.4, 0.5) is 0 Å². The second kappa shape index (κ2) is 8.38. The minimum absolute atomic E-state index is 0.278. The number of hydrogen-bond acceptors (Lipinski definition) is 5. The second-order valence-corrected chi connectivity index (χ2v) is 5.71. The van der Waals surface area contributed by atoms with Crippen LogP contribution in [0.1, 0.15) is 11.1 Å². The Bertz CT molecular complexity index is 628. The van der Waals surface area contributed by atoms with Gasteiger partial charge in [-0.1, -0.05) is 42.5 Å². The molecule has 0 spiro atoms. The van der Waals surface area contributed by atoms with Crippen LogP contribution in [0, 0.1) is 0 Å². The molecule has 114 valence electrons. The van der Waals surface area contributed by atoms with Crippen LogP contribution >= 0.6 is 0 Å². The summed E-state index contributed by atoms with van der Waals surface area (Å²) in [6, 6.07) is 15.4. The molecule has 6 nitrogen and oxygen atoms in total. The Labute approximate surface area is 124 Å². The number of rotatable bonds is 4. The van der Waals surface area contributed by atoms with Gasteiger partial charge in [0.2, 0.25) is 0 Å². The van der Waals surface area contributed by atoms with Crippen molar-refractivity contribution in [2.45, 2.75) is 12.3 Å². The Morgan fingerprint density at radius 1 is 0.952 bits per heavy atom. The molecule has 0 atom stereocenters. The van der Waals surface area contributed by atoms with Crippen molar-refractivity contribution in [1.82, 2.24) is 5.43 Å². The van der Waals surface area contributed by atoms with Gasteiger partial charge in [-0.05, 0) is 23.3 Å². The molecule has 0 fully saturated rings. The average Bonchev–Trinajstić information content (AvgIpc) is 2.42. The number of phenolic OH excluding ortho intramolecular Hbond substituents is 1. The molecule has 0 bridgehead atoms. The molecule has 0 heterocycles. The normalized spacial score (nSPS) is 10.6. The summed E-state index contributed by atoms with van der Waals surface area (Å²) in [5, 5.41) is 8.87. The first kappa shape index (κ1) is 17.1. The van der Waals surface area contributed by atoms with E-state index in [4.69, 9.17) is 15.5 Å². The first-order chi connectivity index (χ1) is 9.90. The first-order valence-electron chi connectivity index (χ1n) is 6.11. The first-order valence-corrected chi connectivity index (χ1v) is 7.72. The van der Waals surface area contributed by atoms with Gasteiger partial charge in [0.15, 0.2) is 0 Å². The van der Waals surface area contributed by atoms with Gasteiger partial charge in [-0.2, -0.15) is 8.42 Å². The molecule has 0 radical (unpaired) electrons. The fourth-order valence-electron chi connectivity index (χ4n) is 1.52. The van der Waals surface area contributed by atoms with Gasteiger partial charge in [0.25, 0.3) is 10.1 Å². The Hall–Kier alpha value is -1.93. The Kier molecular flexibility index (Phi) is 6.83. The summed E-state index contributed by atoms with van der Waals surface area (Å²) in [7, 11) is -3.88. The quantitative estimate of drug-likeness (QED) is 0.386. The minimum atomic E-state index is -3.88. The predicted octanol–water partition coefficient (Wildman–Crippen LogP) is 1.43. The van der Waals surface area contributed by atoms with Crippen LogP contribution in [0.5, 0.6) is 5.75 Å². The lowest BCUT2D eigenvalue weighted by atomic mass is 10.2. The van der Waals surface area contributed by atoms with Crippen molar-refractivity contribution in [2.75, 3.05) is 0 Å². The van der Waals surface area contributed by atoms with Gasteiger partial charge in [-0.3, -0.25) is 15.8 Å². The van der Waals surface area contributed by atoms with Gasteiger partial charge in [0, 0.05) is 6.54 Å². The van der Waals surface area contributed by atoms with Gasteiger partial charge < -0.3 is 5.11 Å². The van der Waals surface area contributed by atoms with Crippen molar-refractivity contribution in [3.05, 3.63) is 65.7 Å². The summed E-state index contributed by atoms with van der Waals surface area (Å²) in [6.45, 7) is 0.625. The van der Waals surface area contributed by atoms with Crippen LogP contribution in [-0.2, 0) is 22.4 Å². The zero-order chi connectivity index (χ0) is 15.7. The molecular weight excluding hydrogens is 292 g/mol. The highest BCUT2D eigenvalue weighted by molar-refractivity contribution is 7.85. The molecule has 0 aliphatic rings. The molecule has 0 unspecified atom stereocenters. The van der Waals surface area contributed by atoms with E-state index in [1.165, 1.54) is 0 Å².